The number of hydrogen-bond donors (Lipinski definition) is 1. The van der Waals surface area contributed by atoms with Gasteiger partial charge in [-0.1, -0.05) is 0 Å². The summed E-state index contributed by atoms with van der Waals surface area (Å²) in [7, 11) is 0. The smallest absolute Gasteiger partial charge is 0.255 e. The fourth-order valence-corrected chi connectivity index (χ4v) is 3.99. The molecule has 3 heterocycles. The molecule has 0 radical (unpaired) electrons. The minimum absolute atomic E-state index is 0.171. The minimum Gasteiger partial charge on any atom is -0.378 e. The molecular formula is C17H24N4OS. The predicted molar refractivity (Wildman–Crippen MR) is 94.1 cm³/mol. The van der Waals surface area contributed by atoms with E-state index in [9.17, 15) is 4.79 Å². The van der Waals surface area contributed by atoms with Crippen LogP contribution in [0.3, 0.4) is 0 Å². The van der Waals surface area contributed by atoms with Crippen LogP contribution in [-0.2, 0) is 6.54 Å². The summed E-state index contributed by atoms with van der Waals surface area (Å²) in [5.74, 6) is 0.171. The summed E-state index contributed by atoms with van der Waals surface area (Å²) in [4.78, 5) is 16.0. The number of rotatable bonds is 5. The normalized spacial score (nSPS) is 19.1. The molecule has 1 aliphatic rings. The molecule has 0 aromatic carbocycles. The van der Waals surface area contributed by atoms with E-state index in [4.69, 9.17) is 0 Å². The number of nitrogens with zero attached hydrogens (tertiary/aromatic N) is 3. The summed E-state index contributed by atoms with van der Waals surface area (Å²) in [6.45, 7) is 7.95. The highest BCUT2D eigenvalue weighted by atomic mass is 32.1. The standard InChI is InChI=1S/C17H24N4OS/c1-4-20-11-14(10-18-20)19-12(2)16-6-5-8-21(16)17(22)15-7-9-23-13(15)3/h7,9-12,16,19H,4-6,8H2,1-3H3/t12?,16-/m0/s1. The van der Waals surface area contributed by atoms with Gasteiger partial charge in [0.2, 0.25) is 0 Å². The number of carbonyl (C=O) groups is 1. The van der Waals surface area contributed by atoms with Crippen molar-refractivity contribution >= 4 is 22.9 Å². The van der Waals surface area contributed by atoms with Crippen molar-refractivity contribution in [2.75, 3.05) is 11.9 Å². The molecule has 0 spiro atoms. The van der Waals surface area contributed by atoms with Gasteiger partial charge < -0.3 is 10.2 Å². The van der Waals surface area contributed by atoms with Gasteiger partial charge in [-0.2, -0.15) is 5.10 Å². The van der Waals surface area contributed by atoms with Gasteiger partial charge >= 0.3 is 0 Å². The zero-order valence-corrected chi connectivity index (χ0v) is 14.8. The van der Waals surface area contributed by atoms with E-state index in [-0.39, 0.29) is 18.0 Å². The molecule has 2 aromatic heterocycles. The third kappa shape index (κ3) is 3.27. The molecule has 1 aliphatic heterocycles. The Bertz CT molecular complexity index is 678. The van der Waals surface area contributed by atoms with E-state index < -0.39 is 0 Å². The lowest BCUT2D eigenvalue weighted by atomic mass is 10.1. The van der Waals surface area contributed by atoms with Crippen molar-refractivity contribution in [1.82, 2.24) is 14.7 Å². The first-order valence-electron chi connectivity index (χ1n) is 8.24. The first kappa shape index (κ1) is 16.1. The molecule has 2 aromatic rings. The fourth-order valence-electron chi connectivity index (χ4n) is 3.30. The van der Waals surface area contributed by atoms with E-state index in [1.165, 1.54) is 0 Å². The van der Waals surface area contributed by atoms with E-state index in [2.05, 4.69) is 24.3 Å². The number of anilines is 1. The van der Waals surface area contributed by atoms with Crippen LogP contribution in [0.4, 0.5) is 5.69 Å². The largest absolute Gasteiger partial charge is 0.378 e. The number of carbonyl (C=O) groups excluding carboxylic acids is 1. The lowest BCUT2D eigenvalue weighted by Crippen LogP contribution is -2.44. The maximum Gasteiger partial charge on any atom is 0.255 e. The molecule has 5 nitrogen and oxygen atoms in total. The lowest BCUT2D eigenvalue weighted by molar-refractivity contribution is 0.0726. The fraction of sp³-hybridized carbons (Fsp3) is 0.529. The van der Waals surface area contributed by atoms with E-state index in [1.807, 2.05) is 40.3 Å². The maximum atomic E-state index is 12.8. The quantitative estimate of drug-likeness (QED) is 0.913. The Morgan fingerprint density at radius 3 is 3.04 bits per heavy atom. The van der Waals surface area contributed by atoms with E-state index in [0.29, 0.717) is 0 Å². The number of thiophene rings is 1. The first-order valence-corrected chi connectivity index (χ1v) is 9.12. The molecule has 1 fully saturated rings. The summed E-state index contributed by atoms with van der Waals surface area (Å²) in [6, 6.07) is 2.38. The zero-order valence-electron chi connectivity index (χ0n) is 14.0. The van der Waals surface area contributed by atoms with Crippen molar-refractivity contribution in [3.05, 3.63) is 34.3 Å². The Hall–Kier alpha value is -1.82. The minimum atomic E-state index is 0.171. The highest BCUT2D eigenvalue weighted by Crippen LogP contribution is 2.26. The third-order valence-corrected chi connectivity index (χ3v) is 5.42. The average molecular weight is 332 g/mol. The van der Waals surface area contributed by atoms with Gasteiger partial charge in [0.1, 0.15) is 0 Å². The number of likely N-dealkylation sites (tertiary alicyclic amines) is 1. The number of aryl methyl sites for hydroxylation is 2. The molecule has 1 unspecified atom stereocenters. The van der Waals surface area contributed by atoms with Crippen LogP contribution in [0.25, 0.3) is 0 Å². The Balaban J connectivity index is 1.70. The van der Waals surface area contributed by atoms with E-state index in [0.717, 1.165) is 42.1 Å². The molecule has 1 N–H and O–H groups in total. The second kappa shape index (κ2) is 6.74. The topological polar surface area (TPSA) is 50.2 Å². The van der Waals surface area contributed by atoms with Crippen LogP contribution in [0.5, 0.6) is 0 Å². The van der Waals surface area contributed by atoms with Crippen molar-refractivity contribution in [2.24, 2.45) is 0 Å². The van der Waals surface area contributed by atoms with Gasteiger partial charge in [-0.15, -0.1) is 11.3 Å². The molecule has 1 amide bonds. The Morgan fingerprint density at radius 2 is 2.39 bits per heavy atom. The molecule has 6 heteroatoms. The first-order chi connectivity index (χ1) is 11.1. The molecule has 1 saturated heterocycles. The Kier molecular flexibility index (Phi) is 4.71. The molecule has 0 saturated carbocycles. The monoisotopic (exact) mass is 332 g/mol. The molecular weight excluding hydrogens is 308 g/mol. The van der Waals surface area contributed by atoms with Gasteiger partial charge in [0.15, 0.2) is 0 Å². The average Bonchev–Trinajstić information content (AvgIpc) is 3.26. The van der Waals surface area contributed by atoms with Gasteiger partial charge in [-0.25, -0.2) is 0 Å². The number of nitrogens with one attached hydrogen (secondary N) is 1. The Morgan fingerprint density at radius 1 is 1.57 bits per heavy atom. The molecule has 0 aliphatic carbocycles. The van der Waals surface area contributed by atoms with E-state index >= 15 is 0 Å². The van der Waals surface area contributed by atoms with Gasteiger partial charge in [0.25, 0.3) is 5.91 Å². The van der Waals surface area contributed by atoms with Gasteiger partial charge in [-0.05, 0) is 45.1 Å². The van der Waals surface area contributed by atoms with Gasteiger partial charge in [-0.3, -0.25) is 9.48 Å². The molecule has 124 valence electrons. The third-order valence-electron chi connectivity index (χ3n) is 4.58. The van der Waals surface area contributed by atoms with Crippen molar-refractivity contribution < 1.29 is 4.79 Å². The summed E-state index contributed by atoms with van der Waals surface area (Å²) >= 11 is 1.63. The highest BCUT2D eigenvalue weighted by molar-refractivity contribution is 7.10. The van der Waals surface area contributed by atoms with Crippen LogP contribution in [0.1, 0.15) is 41.9 Å². The van der Waals surface area contributed by atoms with Crippen molar-refractivity contribution in [1.29, 1.82) is 0 Å². The SMILES string of the molecule is CCn1cc(NC(C)[C@@H]2CCCN2C(=O)c2ccsc2C)cn1. The second-order valence-corrected chi connectivity index (χ2v) is 7.24. The zero-order chi connectivity index (χ0) is 16.4. The highest BCUT2D eigenvalue weighted by Gasteiger charge is 2.34. The summed E-state index contributed by atoms with van der Waals surface area (Å²) < 4.78 is 1.90. The molecule has 23 heavy (non-hydrogen) atoms. The van der Waals surface area contributed by atoms with Crippen LogP contribution in [0.15, 0.2) is 23.8 Å². The number of aromatic nitrogens is 2. The van der Waals surface area contributed by atoms with Crippen LogP contribution in [0, 0.1) is 6.92 Å². The van der Waals surface area contributed by atoms with Crippen molar-refractivity contribution in [2.45, 2.75) is 52.2 Å². The maximum absolute atomic E-state index is 12.8. The molecule has 0 bridgehead atoms. The number of amides is 1. The van der Waals surface area contributed by atoms with E-state index in [1.54, 1.807) is 11.3 Å². The lowest BCUT2D eigenvalue weighted by Gasteiger charge is -2.30. The molecule has 2 atom stereocenters. The van der Waals surface area contributed by atoms with Crippen LogP contribution < -0.4 is 5.32 Å². The molecule has 3 rings (SSSR count). The summed E-state index contributed by atoms with van der Waals surface area (Å²) in [6.07, 6.45) is 5.98. The van der Waals surface area contributed by atoms with Gasteiger partial charge in [0, 0.05) is 30.2 Å². The van der Waals surface area contributed by atoms with Crippen LogP contribution in [-0.4, -0.2) is 39.2 Å². The predicted octanol–water partition coefficient (Wildman–Crippen LogP) is 3.38. The summed E-state index contributed by atoms with van der Waals surface area (Å²) in [5, 5.41) is 9.80. The van der Waals surface area contributed by atoms with Gasteiger partial charge in [0.05, 0.1) is 23.5 Å². The second-order valence-electron chi connectivity index (χ2n) is 6.12. The number of hydrogen-bond acceptors (Lipinski definition) is 4. The summed E-state index contributed by atoms with van der Waals surface area (Å²) in [5.41, 5.74) is 1.87. The van der Waals surface area contributed by atoms with Crippen LogP contribution >= 0.6 is 11.3 Å². The van der Waals surface area contributed by atoms with Crippen molar-refractivity contribution in [3.8, 4) is 0 Å². The van der Waals surface area contributed by atoms with Crippen molar-refractivity contribution in [3.63, 3.8) is 0 Å². The Labute approximate surface area is 141 Å². The van der Waals surface area contributed by atoms with Crippen LogP contribution in [0.2, 0.25) is 0 Å².